The maximum atomic E-state index is 5.38. The van der Waals surface area contributed by atoms with Gasteiger partial charge in [0.15, 0.2) is 0 Å². The Kier molecular flexibility index (Phi) is 8.14. The minimum Gasteiger partial charge on any atom is -0.330 e. The number of hydrogen-bond acceptors (Lipinski definition) is 1. The third-order valence-electron chi connectivity index (χ3n) is 1.91. The molecule has 0 heterocycles. The van der Waals surface area contributed by atoms with Crippen LogP contribution in [0.4, 0.5) is 0 Å². The lowest BCUT2D eigenvalue weighted by atomic mass is 10.0. The van der Waals surface area contributed by atoms with Crippen molar-refractivity contribution in [3.63, 3.8) is 0 Å². The van der Waals surface area contributed by atoms with Gasteiger partial charge in [-0.25, -0.2) is 0 Å². The van der Waals surface area contributed by atoms with E-state index in [4.69, 9.17) is 5.73 Å². The van der Waals surface area contributed by atoms with Crippen LogP contribution in [-0.4, -0.2) is 6.54 Å². The molecule has 12 heavy (non-hydrogen) atoms. The predicted molar refractivity (Wildman–Crippen MR) is 56.0 cm³/mol. The van der Waals surface area contributed by atoms with E-state index in [9.17, 15) is 0 Å². The van der Waals surface area contributed by atoms with Crippen LogP contribution in [-0.2, 0) is 0 Å². The molecule has 70 valence electrons. The lowest BCUT2D eigenvalue weighted by molar-refractivity contribution is 0.641. The Morgan fingerprint density at radius 1 is 1.50 bits per heavy atom. The molecule has 0 saturated carbocycles. The van der Waals surface area contributed by atoms with Gasteiger partial charge in [0.25, 0.3) is 0 Å². The second-order valence-electron chi connectivity index (χ2n) is 3.05. The van der Waals surface area contributed by atoms with Gasteiger partial charge in [0, 0.05) is 0 Å². The van der Waals surface area contributed by atoms with Gasteiger partial charge in [-0.2, -0.15) is 0 Å². The molecular weight excluding hydrogens is 146 g/mol. The van der Waals surface area contributed by atoms with Crippen LogP contribution in [0.5, 0.6) is 0 Å². The molecule has 0 bridgehead atoms. The van der Waals surface area contributed by atoms with Gasteiger partial charge >= 0.3 is 0 Å². The summed E-state index contributed by atoms with van der Waals surface area (Å²) in [6, 6.07) is 0. The molecule has 0 radical (unpaired) electrons. The van der Waals surface area contributed by atoms with Crippen molar-refractivity contribution in [2.45, 2.75) is 32.6 Å². The van der Waals surface area contributed by atoms with Crippen molar-refractivity contribution in [3.05, 3.63) is 24.8 Å². The zero-order valence-corrected chi connectivity index (χ0v) is 8.13. The second-order valence-corrected chi connectivity index (χ2v) is 3.05. The Hall–Kier alpha value is -0.560. The SMILES string of the molecule is C=CC(/C=C/CCN)CCCC. The van der Waals surface area contributed by atoms with E-state index in [1.165, 1.54) is 19.3 Å². The fraction of sp³-hybridized carbons (Fsp3) is 0.636. The highest BCUT2D eigenvalue weighted by Crippen LogP contribution is 2.10. The summed E-state index contributed by atoms with van der Waals surface area (Å²) in [5, 5.41) is 0. The first-order valence-electron chi connectivity index (χ1n) is 4.84. The molecule has 0 amide bonds. The van der Waals surface area contributed by atoms with Crippen LogP contribution in [0.15, 0.2) is 24.8 Å². The fourth-order valence-corrected chi connectivity index (χ4v) is 1.10. The molecule has 2 N–H and O–H groups in total. The molecule has 0 aliphatic heterocycles. The molecule has 1 heteroatoms. The summed E-state index contributed by atoms with van der Waals surface area (Å²) in [6.07, 6.45) is 11.1. The van der Waals surface area contributed by atoms with Crippen LogP contribution < -0.4 is 5.73 Å². The van der Waals surface area contributed by atoms with Crippen LogP contribution in [0.2, 0.25) is 0 Å². The minimum absolute atomic E-state index is 0.552. The van der Waals surface area contributed by atoms with Crippen molar-refractivity contribution in [2.24, 2.45) is 11.7 Å². The van der Waals surface area contributed by atoms with Gasteiger partial charge in [-0.3, -0.25) is 0 Å². The average molecular weight is 167 g/mol. The molecule has 0 fully saturated rings. The van der Waals surface area contributed by atoms with Gasteiger partial charge in [-0.1, -0.05) is 38.0 Å². The van der Waals surface area contributed by atoms with E-state index in [0.29, 0.717) is 5.92 Å². The predicted octanol–water partition coefficient (Wildman–Crippen LogP) is 2.88. The van der Waals surface area contributed by atoms with Crippen molar-refractivity contribution in [2.75, 3.05) is 6.54 Å². The van der Waals surface area contributed by atoms with Crippen molar-refractivity contribution < 1.29 is 0 Å². The molecule has 0 aliphatic rings. The van der Waals surface area contributed by atoms with Gasteiger partial charge in [-0.15, -0.1) is 6.58 Å². The first-order valence-corrected chi connectivity index (χ1v) is 4.84. The summed E-state index contributed by atoms with van der Waals surface area (Å²) < 4.78 is 0. The van der Waals surface area contributed by atoms with Gasteiger partial charge in [0.05, 0.1) is 0 Å². The monoisotopic (exact) mass is 167 g/mol. The maximum Gasteiger partial charge on any atom is -0.00426 e. The molecule has 0 aromatic heterocycles. The lowest BCUT2D eigenvalue weighted by Gasteiger charge is -2.04. The Balaban J connectivity index is 3.58. The standard InChI is InChI=1S/C11H21N/c1-3-5-8-11(4-2)9-6-7-10-12/h4,6,9,11H,2-3,5,7-8,10,12H2,1H3/b9-6+. The van der Waals surface area contributed by atoms with E-state index in [2.05, 4.69) is 25.7 Å². The van der Waals surface area contributed by atoms with E-state index in [0.717, 1.165) is 13.0 Å². The van der Waals surface area contributed by atoms with Gasteiger partial charge in [0.2, 0.25) is 0 Å². The summed E-state index contributed by atoms with van der Waals surface area (Å²) >= 11 is 0. The average Bonchev–Trinajstić information content (AvgIpc) is 2.11. The van der Waals surface area contributed by atoms with Crippen molar-refractivity contribution >= 4 is 0 Å². The number of rotatable bonds is 7. The molecule has 0 saturated heterocycles. The normalized spacial score (nSPS) is 13.5. The molecular formula is C11H21N. The summed E-state index contributed by atoms with van der Waals surface area (Å²) in [6.45, 7) is 6.77. The highest BCUT2D eigenvalue weighted by atomic mass is 14.5. The van der Waals surface area contributed by atoms with Gasteiger partial charge < -0.3 is 5.73 Å². The van der Waals surface area contributed by atoms with E-state index >= 15 is 0 Å². The third kappa shape index (κ3) is 6.17. The van der Waals surface area contributed by atoms with Crippen LogP contribution in [0.1, 0.15) is 32.6 Å². The Labute approximate surface area is 76.3 Å². The largest absolute Gasteiger partial charge is 0.330 e. The summed E-state index contributed by atoms with van der Waals surface area (Å²) in [4.78, 5) is 0. The highest BCUT2D eigenvalue weighted by Gasteiger charge is 1.96. The van der Waals surface area contributed by atoms with Crippen molar-refractivity contribution in [1.82, 2.24) is 0 Å². The topological polar surface area (TPSA) is 26.0 Å². The molecule has 1 atom stereocenters. The second kappa shape index (κ2) is 8.54. The van der Waals surface area contributed by atoms with Gasteiger partial charge in [0.1, 0.15) is 0 Å². The molecule has 0 aromatic rings. The van der Waals surface area contributed by atoms with Crippen molar-refractivity contribution in [3.8, 4) is 0 Å². The lowest BCUT2D eigenvalue weighted by Crippen LogP contribution is -1.96. The zero-order chi connectivity index (χ0) is 9.23. The summed E-state index contributed by atoms with van der Waals surface area (Å²) in [5.74, 6) is 0.552. The molecule has 0 spiro atoms. The minimum atomic E-state index is 0.552. The number of nitrogens with two attached hydrogens (primary N) is 1. The first-order chi connectivity index (χ1) is 5.85. The van der Waals surface area contributed by atoms with E-state index < -0.39 is 0 Å². The molecule has 0 aliphatic carbocycles. The molecule has 1 unspecified atom stereocenters. The summed E-state index contributed by atoms with van der Waals surface area (Å²) in [7, 11) is 0. The van der Waals surface area contributed by atoms with Crippen LogP contribution in [0.3, 0.4) is 0 Å². The molecule has 0 aromatic carbocycles. The molecule has 1 nitrogen and oxygen atoms in total. The third-order valence-corrected chi connectivity index (χ3v) is 1.91. The van der Waals surface area contributed by atoms with Gasteiger partial charge in [-0.05, 0) is 25.3 Å². The van der Waals surface area contributed by atoms with Crippen LogP contribution in [0.25, 0.3) is 0 Å². The van der Waals surface area contributed by atoms with E-state index in [1.807, 2.05) is 6.08 Å². The smallest absolute Gasteiger partial charge is 0.00426 e. The number of allylic oxidation sites excluding steroid dienone is 2. The maximum absolute atomic E-state index is 5.38. The van der Waals surface area contributed by atoms with Crippen LogP contribution >= 0.6 is 0 Å². The molecule has 0 rings (SSSR count). The number of unbranched alkanes of at least 4 members (excludes halogenated alkanes) is 1. The first kappa shape index (κ1) is 11.4. The van der Waals surface area contributed by atoms with Crippen molar-refractivity contribution in [1.29, 1.82) is 0 Å². The highest BCUT2D eigenvalue weighted by molar-refractivity contribution is 4.96. The summed E-state index contributed by atoms with van der Waals surface area (Å²) in [5.41, 5.74) is 5.38. The quantitative estimate of drug-likeness (QED) is 0.580. The Morgan fingerprint density at radius 3 is 2.75 bits per heavy atom. The van der Waals surface area contributed by atoms with E-state index in [-0.39, 0.29) is 0 Å². The Bertz CT molecular complexity index is 127. The Morgan fingerprint density at radius 2 is 2.25 bits per heavy atom. The number of hydrogen-bond donors (Lipinski definition) is 1. The zero-order valence-electron chi connectivity index (χ0n) is 8.13. The van der Waals surface area contributed by atoms with Crippen LogP contribution in [0, 0.1) is 5.92 Å². The fourth-order valence-electron chi connectivity index (χ4n) is 1.10. The van der Waals surface area contributed by atoms with E-state index in [1.54, 1.807) is 0 Å².